The lowest BCUT2D eigenvalue weighted by molar-refractivity contribution is -0.222. The molecule has 0 saturated carbocycles. The largest absolute Gasteiger partial charge is 0.338 e. The van der Waals surface area contributed by atoms with Crippen molar-refractivity contribution in [3.8, 4) is 0 Å². The lowest BCUT2D eigenvalue weighted by atomic mass is 9.86. The van der Waals surface area contributed by atoms with Crippen molar-refractivity contribution < 1.29 is 23.9 Å². The third-order valence-corrected chi connectivity index (χ3v) is 8.09. The van der Waals surface area contributed by atoms with Gasteiger partial charge in [-0.15, -0.1) is 0 Å². The topological polar surface area (TPSA) is 122 Å². The minimum absolute atomic E-state index is 0.00779. The number of aromatic nitrogens is 1. The maximum Gasteiger partial charge on any atom is 0.291 e. The van der Waals surface area contributed by atoms with Crippen LogP contribution >= 0.6 is 0 Å². The highest BCUT2D eigenvalue weighted by atomic mass is 16.7. The smallest absolute Gasteiger partial charge is 0.291 e. The fraction of sp³-hybridized carbons (Fsp3) is 0.571. The molecule has 1 spiro atoms. The molecule has 5 rings (SSSR count). The Morgan fingerprint density at radius 3 is 2.82 bits per heavy atom. The number of carbonyl (C=O) groups is 3. The summed E-state index contributed by atoms with van der Waals surface area (Å²) < 4.78 is 12.2. The first-order valence-electron chi connectivity index (χ1n) is 13.7. The summed E-state index contributed by atoms with van der Waals surface area (Å²) in [5, 5.41) is 9.14. The van der Waals surface area contributed by atoms with Crippen molar-refractivity contribution in [2.24, 2.45) is 11.8 Å². The molecular formula is C28H37N5O5. The van der Waals surface area contributed by atoms with Gasteiger partial charge in [0.15, 0.2) is 0 Å². The molecule has 3 aliphatic heterocycles. The predicted molar refractivity (Wildman–Crippen MR) is 141 cm³/mol. The van der Waals surface area contributed by atoms with E-state index < -0.39 is 11.3 Å². The van der Waals surface area contributed by atoms with E-state index in [2.05, 4.69) is 27.9 Å². The fourth-order valence-electron chi connectivity index (χ4n) is 5.81. The first-order valence-corrected chi connectivity index (χ1v) is 13.7. The summed E-state index contributed by atoms with van der Waals surface area (Å²) in [7, 11) is 0. The number of carbonyl (C=O) groups excluding carboxylic acids is 3. The molecule has 1 aromatic heterocycles. The summed E-state index contributed by atoms with van der Waals surface area (Å²) in [6.07, 6.45) is 12.0. The molecule has 204 valence electrons. The maximum absolute atomic E-state index is 13.4. The van der Waals surface area contributed by atoms with Gasteiger partial charge < -0.3 is 30.3 Å². The Morgan fingerprint density at radius 1 is 1.21 bits per heavy atom. The number of fused-ring (bicyclic) bond motifs is 3. The zero-order chi connectivity index (χ0) is 26.8. The van der Waals surface area contributed by atoms with Crippen LogP contribution in [0.4, 0.5) is 5.82 Å². The molecule has 2 saturated heterocycles. The molecule has 38 heavy (non-hydrogen) atoms. The van der Waals surface area contributed by atoms with Crippen molar-refractivity contribution >= 4 is 23.5 Å². The predicted octanol–water partition coefficient (Wildman–Crippen LogP) is 2.20. The summed E-state index contributed by atoms with van der Waals surface area (Å²) in [5.74, 6) is -1.77. The van der Waals surface area contributed by atoms with Gasteiger partial charge in [-0.2, -0.15) is 0 Å². The van der Waals surface area contributed by atoms with Crippen LogP contribution in [0.25, 0.3) is 0 Å². The van der Waals surface area contributed by atoms with Crippen molar-refractivity contribution in [2.75, 3.05) is 38.2 Å². The van der Waals surface area contributed by atoms with Crippen LogP contribution in [-0.2, 0) is 29.6 Å². The highest BCUT2D eigenvalue weighted by Crippen LogP contribution is 2.42. The molecule has 1 aliphatic carbocycles. The quantitative estimate of drug-likeness (QED) is 0.447. The van der Waals surface area contributed by atoms with Gasteiger partial charge in [-0.05, 0) is 31.1 Å². The molecule has 0 aromatic carbocycles. The van der Waals surface area contributed by atoms with Crippen LogP contribution in [0.5, 0.6) is 0 Å². The van der Waals surface area contributed by atoms with Gasteiger partial charge >= 0.3 is 0 Å². The molecule has 4 heterocycles. The van der Waals surface area contributed by atoms with Crippen molar-refractivity contribution in [2.45, 2.75) is 57.3 Å². The number of anilines is 1. The molecule has 10 heteroatoms. The molecule has 0 radical (unpaired) electrons. The van der Waals surface area contributed by atoms with Gasteiger partial charge in [0, 0.05) is 36.8 Å². The van der Waals surface area contributed by atoms with Crippen LogP contribution in [0.1, 0.15) is 51.5 Å². The molecule has 4 aliphatic rings. The SMILES string of the molecule is CCCCCC1(CC)NCCN(CC(=O)NC2=CC3COC4(OCC3C=C2)C(=O)Nc2ncccc24)C1=O. The Hall–Kier alpha value is -3.08. The van der Waals surface area contributed by atoms with E-state index in [4.69, 9.17) is 9.47 Å². The van der Waals surface area contributed by atoms with E-state index in [1.165, 1.54) is 0 Å². The van der Waals surface area contributed by atoms with E-state index in [9.17, 15) is 14.4 Å². The number of ether oxygens (including phenoxy) is 2. The summed E-state index contributed by atoms with van der Waals surface area (Å²) >= 11 is 0. The zero-order valence-corrected chi connectivity index (χ0v) is 22.1. The summed E-state index contributed by atoms with van der Waals surface area (Å²) in [5.41, 5.74) is 0.642. The van der Waals surface area contributed by atoms with Crippen LogP contribution in [0.15, 0.2) is 42.3 Å². The van der Waals surface area contributed by atoms with Crippen molar-refractivity contribution in [3.05, 3.63) is 47.8 Å². The number of pyridine rings is 1. The summed E-state index contributed by atoms with van der Waals surface area (Å²) in [6, 6.07) is 3.53. The fourth-order valence-corrected chi connectivity index (χ4v) is 5.81. The molecular weight excluding hydrogens is 486 g/mol. The van der Waals surface area contributed by atoms with Crippen molar-refractivity contribution in [3.63, 3.8) is 0 Å². The summed E-state index contributed by atoms with van der Waals surface area (Å²) in [4.78, 5) is 45.0. The highest BCUT2D eigenvalue weighted by Gasteiger charge is 2.53. The molecule has 1 aromatic rings. The van der Waals surface area contributed by atoms with Gasteiger partial charge in [0.25, 0.3) is 11.7 Å². The molecule has 2 fully saturated rings. The van der Waals surface area contributed by atoms with Crippen molar-refractivity contribution in [1.82, 2.24) is 20.5 Å². The number of unbranched alkanes of at least 4 members (excludes halogenated alkanes) is 2. The molecule has 0 bridgehead atoms. The van der Waals surface area contributed by atoms with Crippen LogP contribution in [0.2, 0.25) is 0 Å². The molecule has 3 N–H and O–H groups in total. The Bertz CT molecular complexity index is 1150. The molecule has 10 nitrogen and oxygen atoms in total. The second-order valence-corrected chi connectivity index (χ2v) is 10.5. The van der Waals surface area contributed by atoms with Gasteiger partial charge in [-0.25, -0.2) is 4.98 Å². The zero-order valence-electron chi connectivity index (χ0n) is 22.1. The number of hydrogen-bond acceptors (Lipinski definition) is 7. The second kappa shape index (κ2) is 11.0. The lowest BCUT2D eigenvalue weighted by Crippen LogP contribution is -2.65. The Balaban J connectivity index is 1.21. The maximum atomic E-state index is 13.4. The van der Waals surface area contributed by atoms with Gasteiger partial charge in [-0.1, -0.05) is 45.3 Å². The van der Waals surface area contributed by atoms with E-state index in [-0.39, 0.29) is 49.3 Å². The monoisotopic (exact) mass is 523 g/mol. The van der Waals surface area contributed by atoms with Crippen LogP contribution in [0.3, 0.4) is 0 Å². The average Bonchev–Trinajstić information content (AvgIpc) is 3.05. The molecule has 3 amide bonds. The third kappa shape index (κ3) is 4.88. The normalized spacial score (nSPS) is 30.4. The van der Waals surface area contributed by atoms with Crippen LogP contribution < -0.4 is 16.0 Å². The Kier molecular flexibility index (Phi) is 7.65. The number of allylic oxidation sites excluding steroid dienone is 1. The van der Waals surface area contributed by atoms with E-state index >= 15 is 0 Å². The van der Waals surface area contributed by atoms with Crippen LogP contribution in [0, 0.1) is 11.8 Å². The lowest BCUT2D eigenvalue weighted by Gasteiger charge is -2.42. The number of hydrogen-bond donors (Lipinski definition) is 3. The van der Waals surface area contributed by atoms with Gasteiger partial charge in [-0.3, -0.25) is 14.4 Å². The second-order valence-electron chi connectivity index (χ2n) is 10.5. The first-order chi connectivity index (χ1) is 18.4. The Labute approximate surface area is 223 Å². The number of nitrogens with zero attached hydrogens (tertiary/aromatic N) is 2. The summed E-state index contributed by atoms with van der Waals surface area (Å²) in [6.45, 7) is 5.90. The van der Waals surface area contributed by atoms with E-state index in [1.54, 1.807) is 23.2 Å². The van der Waals surface area contributed by atoms with E-state index in [0.29, 0.717) is 36.6 Å². The van der Waals surface area contributed by atoms with E-state index in [0.717, 1.165) is 25.7 Å². The third-order valence-electron chi connectivity index (χ3n) is 8.09. The van der Waals surface area contributed by atoms with Gasteiger partial charge in [0.05, 0.1) is 30.9 Å². The van der Waals surface area contributed by atoms with E-state index in [1.807, 2.05) is 25.2 Å². The van der Waals surface area contributed by atoms with Gasteiger partial charge in [0.1, 0.15) is 5.82 Å². The molecule has 4 atom stereocenters. The number of amides is 3. The number of rotatable bonds is 8. The minimum atomic E-state index is -1.52. The van der Waals surface area contributed by atoms with Crippen LogP contribution in [-0.4, -0.2) is 66.0 Å². The average molecular weight is 524 g/mol. The number of piperazine rings is 1. The number of nitrogens with one attached hydrogen (secondary N) is 3. The van der Waals surface area contributed by atoms with Gasteiger partial charge in [0.2, 0.25) is 11.8 Å². The first kappa shape index (κ1) is 26.5. The molecule has 4 unspecified atom stereocenters. The highest BCUT2D eigenvalue weighted by molar-refractivity contribution is 6.03. The Morgan fingerprint density at radius 2 is 2.03 bits per heavy atom. The minimum Gasteiger partial charge on any atom is -0.338 e. The standard InChI is InChI=1S/C28H37N5O5/c1-3-5-6-11-27(4-2)26(36)33(14-13-30-27)16-23(34)31-21-10-9-19-17-37-28(38-18-20(19)15-21)22-8-7-12-29-24(22)32-25(28)35/h7-10,12,15,19-20,30H,3-6,11,13-14,16-18H2,1-2H3,(H,31,34)(H,29,32,35). The van der Waals surface area contributed by atoms with Crippen molar-refractivity contribution in [1.29, 1.82) is 0 Å².